The number of para-hydroxylation sites is 2. The van der Waals surface area contributed by atoms with Gasteiger partial charge in [0.15, 0.2) is 11.4 Å². The molecule has 1 fully saturated rings. The number of fused-ring (bicyclic) bond motifs is 1. The van der Waals surface area contributed by atoms with Crippen LogP contribution >= 0.6 is 11.8 Å². The zero-order chi connectivity index (χ0) is 25.8. The van der Waals surface area contributed by atoms with Crippen LogP contribution < -0.4 is 10.0 Å². The number of hydrazine groups is 1. The van der Waals surface area contributed by atoms with Gasteiger partial charge in [-0.05, 0) is 36.0 Å². The number of hydrogen-bond acceptors (Lipinski definition) is 11. The lowest BCUT2D eigenvalue weighted by molar-refractivity contribution is -0.140. The highest BCUT2D eigenvalue weighted by Gasteiger charge is 2.47. The van der Waals surface area contributed by atoms with E-state index in [1.165, 1.54) is 17.1 Å². The second kappa shape index (κ2) is 10.4. The number of carbonyl (C=O) groups excluding carboxylic acids is 4. The third-order valence-corrected chi connectivity index (χ3v) is 5.98. The van der Waals surface area contributed by atoms with Gasteiger partial charge in [0.05, 0.1) is 37.6 Å². The average Bonchev–Trinajstić information content (AvgIpc) is 2.92. The minimum atomic E-state index is -0.918. The summed E-state index contributed by atoms with van der Waals surface area (Å²) in [6, 6.07) is 17.0. The van der Waals surface area contributed by atoms with Crippen LogP contribution in [0.2, 0.25) is 0 Å². The maximum absolute atomic E-state index is 13.6. The standard InChI is InChI=1S/C24H20N4O7S/c1-33-18(29)14-17-21(30)27(16-12-8-5-9-13-16)28-20(23(32)35-3)19(22(31)34-2)26(25-24(28)36-17)15-10-6-4-7-11-15/h4-14H,1-3H3/b17-14-. The fraction of sp³-hybridized carbons (Fsp3) is 0.125. The highest BCUT2D eigenvalue weighted by atomic mass is 32.2. The third-order valence-electron chi connectivity index (χ3n) is 5.03. The Morgan fingerprint density at radius 1 is 0.778 bits per heavy atom. The highest BCUT2D eigenvalue weighted by molar-refractivity contribution is 8.18. The van der Waals surface area contributed by atoms with Gasteiger partial charge in [0.25, 0.3) is 5.91 Å². The molecule has 11 nitrogen and oxygen atoms in total. The maximum Gasteiger partial charge on any atom is 0.359 e. The number of amidine groups is 1. The Morgan fingerprint density at radius 2 is 1.33 bits per heavy atom. The zero-order valence-corrected chi connectivity index (χ0v) is 20.2. The highest BCUT2D eigenvalue weighted by Crippen LogP contribution is 2.41. The van der Waals surface area contributed by atoms with Crippen LogP contribution in [0.5, 0.6) is 0 Å². The van der Waals surface area contributed by atoms with Gasteiger partial charge in [-0.2, -0.15) is 0 Å². The number of carbonyl (C=O) groups is 4. The van der Waals surface area contributed by atoms with Gasteiger partial charge in [0.1, 0.15) is 0 Å². The van der Waals surface area contributed by atoms with E-state index in [0.717, 1.165) is 37.1 Å². The molecular weight excluding hydrogens is 488 g/mol. The molecule has 4 rings (SSSR count). The molecule has 1 amide bonds. The van der Waals surface area contributed by atoms with Crippen molar-refractivity contribution in [3.8, 4) is 0 Å². The van der Waals surface area contributed by atoms with Crippen LogP contribution in [-0.2, 0) is 33.4 Å². The quantitative estimate of drug-likeness (QED) is 0.338. The van der Waals surface area contributed by atoms with Crippen molar-refractivity contribution >= 4 is 52.1 Å². The number of ether oxygens (including phenoxy) is 3. The van der Waals surface area contributed by atoms with E-state index < -0.39 is 23.8 Å². The number of esters is 3. The molecular formula is C24H20N4O7S. The summed E-state index contributed by atoms with van der Waals surface area (Å²) >= 11 is 0.826. The Balaban J connectivity index is 2.02. The first kappa shape index (κ1) is 24.5. The summed E-state index contributed by atoms with van der Waals surface area (Å²) in [4.78, 5) is 51.8. The first-order valence-corrected chi connectivity index (χ1v) is 11.2. The first-order chi connectivity index (χ1) is 17.4. The fourth-order valence-corrected chi connectivity index (χ4v) is 4.34. The van der Waals surface area contributed by atoms with Gasteiger partial charge in [0.2, 0.25) is 5.17 Å². The van der Waals surface area contributed by atoms with Gasteiger partial charge < -0.3 is 14.2 Å². The molecule has 36 heavy (non-hydrogen) atoms. The molecule has 12 heteroatoms. The Hall–Kier alpha value is -4.58. The lowest BCUT2D eigenvalue weighted by atomic mass is 10.2. The topological polar surface area (TPSA) is 118 Å². The summed E-state index contributed by atoms with van der Waals surface area (Å²) in [6.45, 7) is 0. The molecule has 0 aliphatic carbocycles. The Bertz CT molecular complexity index is 1310. The SMILES string of the molecule is COC(=O)/C=C1\SC2=NN(c3ccccc3)C(C(=O)OC)=C(C(=O)OC)N2N(c2ccccc2)C1=O. The maximum atomic E-state index is 13.6. The largest absolute Gasteiger partial charge is 0.466 e. The minimum absolute atomic E-state index is 0.0144. The Kier molecular flexibility index (Phi) is 7.06. The van der Waals surface area contributed by atoms with Crippen LogP contribution in [0.25, 0.3) is 0 Å². The number of amides is 1. The second-order valence-corrected chi connectivity index (χ2v) is 8.12. The molecule has 2 aliphatic rings. The smallest absolute Gasteiger partial charge is 0.359 e. The number of nitrogens with zero attached hydrogens (tertiary/aromatic N) is 4. The predicted octanol–water partition coefficient (Wildman–Crippen LogP) is 2.39. The fourth-order valence-electron chi connectivity index (χ4n) is 3.44. The van der Waals surface area contributed by atoms with Gasteiger partial charge in [-0.25, -0.2) is 29.4 Å². The van der Waals surface area contributed by atoms with E-state index >= 15 is 0 Å². The van der Waals surface area contributed by atoms with Crippen LogP contribution in [-0.4, -0.2) is 55.3 Å². The summed E-state index contributed by atoms with van der Waals surface area (Å²) in [5.74, 6) is -3.21. The molecule has 184 valence electrons. The van der Waals surface area contributed by atoms with Crippen molar-refractivity contribution in [1.82, 2.24) is 5.01 Å². The van der Waals surface area contributed by atoms with Crippen molar-refractivity contribution in [2.24, 2.45) is 5.10 Å². The summed E-state index contributed by atoms with van der Waals surface area (Å²) in [7, 11) is 3.50. The number of hydrogen-bond donors (Lipinski definition) is 0. The van der Waals surface area contributed by atoms with Crippen LogP contribution in [0, 0.1) is 0 Å². The number of methoxy groups -OCH3 is 3. The molecule has 0 saturated carbocycles. The summed E-state index contributed by atoms with van der Waals surface area (Å²) in [5.41, 5.74) is 0.202. The molecule has 0 N–H and O–H groups in total. The van der Waals surface area contributed by atoms with E-state index in [0.29, 0.717) is 11.4 Å². The van der Waals surface area contributed by atoms with Gasteiger partial charge in [-0.1, -0.05) is 36.4 Å². The third kappa shape index (κ3) is 4.41. The molecule has 0 aromatic heterocycles. The van der Waals surface area contributed by atoms with Crippen molar-refractivity contribution in [3.63, 3.8) is 0 Å². The van der Waals surface area contributed by atoms with Crippen molar-refractivity contribution in [2.75, 3.05) is 31.3 Å². The van der Waals surface area contributed by atoms with E-state index in [2.05, 4.69) is 5.10 Å². The van der Waals surface area contributed by atoms with Crippen LogP contribution in [0.3, 0.4) is 0 Å². The monoisotopic (exact) mass is 508 g/mol. The van der Waals surface area contributed by atoms with Crippen molar-refractivity contribution in [3.05, 3.63) is 83.0 Å². The number of benzene rings is 2. The number of rotatable bonds is 5. The summed E-state index contributed by atoms with van der Waals surface area (Å²) in [6.07, 6.45) is 1.03. The minimum Gasteiger partial charge on any atom is -0.466 e. The summed E-state index contributed by atoms with van der Waals surface area (Å²) in [5, 5.41) is 8.19. The van der Waals surface area contributed by atoms with Gasteiger partial charge in [0, 0.05) is 6.08 Å². The molecule has 0 radical (unpaired) electrons. The molecule has 0 bridgehead atoms. The zero-order valence-electron chi connectivity index (χ0n) is 19.4. The number of thioether (sulfide) groups is 1. The van der Waals surface area contributed by atoms with Crippen LogP contribution in [0.1, 0.15) is 0 Å². The van der Waals surface area contributed by atoms with E-state index in [4.69, 9.17) is 14.2 Å². The van der Waals surface area contributed by atoms with E-state index in [1.54, 1.807) is 60.7 Å². The lowest BCUT2D eigenvalue weighted by Crippen LogP contribution is -2.57. The molecule has 1 saturated heterocycles. The van der Waals surface area contributed by atoms with Gasteiger partial charge >= 0.3 is 17.9 Å². The summed E-state index contributed by atoms with van der Waals surface area (Å²) < 4.78 is 14.7. The van der Waals surface area contributed by atoms with Crippen LogP contribution in [0.15, 0.2) is 88.1 Å². The molecule has 2 heterocycles. The first-order valence-electron chi connectivity index (χ1n) is 10.4. The molecule has 0 atom stereocenters. The van der Waals surface area contributed by atoms with Crippen LogP contribution in [0.4, 0.5) is 11.4 Å². The van der Waals surface area contributed by atoms with E-state index in [1.807, 2.05) is 0 Å². The van der Waals surface area contributed by atoms with Crippen molar-refractivity contribution in [1.29, 1.82) is 0 Å². The van der Waals surface area contributed by atoms with Crippen molar-refractivity contribution < 1.29 is 33.4 Å². The van der Waals surface area contributed by atoms with Gasteiger partial charge in [-0.15, -0.1) is 5.10 Å². The van der Waals surface area contributed by atoms with Gasteiger partial charge in [-0.3, -0.25) is 4.79 Å². The molecule has 2 aromatic carbocycles. The van der Waals surface area contributed by atoms with Crippen molar-refractivity contribution in [2.45, 2.75) is 0 Å². The molecule has 0 unspecified atom stereocenters. The van der Waals surface area contributed by atoms with E-state index in [-0.39, 0.29) is 21.5 Å². The Morgan fingerprint density at radius 3 is 1.89 bits per heavy atom. The van der Waals surface area contributed by atoms with E-state index in [9.17, 15) is 19.2 Å². The Labute approximate surface area is 210 Å². The molecule has 0 spiro atoms. The second-order valence-electron chi connectivity index (χ2n) is 7.11. The molecule has 2 aromatic rings. The average molecular weight is 509 g/mol. The number of hydrazone groups is 1. The lowest BCUT2D eigenvalue weighted by Gasteiger charge is -2.44. The molecule has 2 aliphatic heterocycles. The number of anilines is 2. The normalized spacial score (nSPS) is 16.4. The predicted molar refractivity (Wildman–Crippen MR) is 131 cm³/mol.